The summed E-state index contributed by atoms with van der Waals surface area (Å²) < 4.78 is 11.7. The van der Waals surface area contributed by atoms with E-state index in [2.05, 4.69) is 22.9 Å². The molecular formula is C14H19BrO3. The Morgan fingerprint density at radius 2 is 1.89 bits per heavy atom. The van der Waals surface area contributed by atoms with Gasteiger partial charge in [0.05, 0.1) is 13.2 Å². The second-order valence-electron chi connectivity index (χ2n) is 4.00. The Kier molecular flexibility index (Phi) is 7.16. The standard InChI is InChI=1S/C14H19BrO3/c1-3-8-17-9-10-18-11(2)14(16)12-4-6-13(15)7-5-12/h4-7,11H,3,8-10H2,1-2H3. The predicted octanol–water partition coefficient (Wildman–Crippen LogP) is 3.46. The van der Waals surface area contributed by atoms with Crippen LogP contribution in [0.5, 0.6) is 0 Å². The van der Waals surface area contributed by atoms with E-state index in [1.807, 2.05) is 12.1 Å². The van der Waals surface area contributed by atoms with Gasteiger partial charge in [-0.1, -0.05) is 35.0 Å². The molecule has 0 N–H and O–H groups in total. The van der Waals surface area contributed by atoms with Crippen molar-refractivity contribution in [1.82, 2.24) is 0 Å². The molecule has 0 bridgehead atoms. The Hall–Kier alpha value is -0.710. The van der Waals surface area contributed by atoms with Gasteiger partial charge in [-0.15, -0.1) is 0 Å². The number of carbonyl (C=O) groups excluding carboxylic acids is 1. The maximum absolute atomic E-state index is 12.0. The third-order valence-corrected chi connectivity index (χ3v) is 2.97. The van der Waals surface area contributed by atoms with Crippen LogP contribution < -0.4 is 0 Å². The van der Waals surface area contributed by atoms with Gasteiger partial charge in [0, 0.05) is 16.6 Å². The summed E-state index contributed by atoms with van der Waals surface area (Å²) in [4.78, 5) is 12.0. The normalized spacial score (nSPS) is 12.4. The molecule has 0 aliphatic heterocycles. The summed E-state index contributed by atoms with van der Waals surface area (Å²) in [6, 6.07) is 7.29. The molecule has 1 unspecified atom stereocenters. The molecule has 0 aliphatic carbocycles. The van der Waals surface area contributed by atoms with E-state index in [0.29, 0.717) is 18.8 Å². The molecule has 0 fully saturated rings. The summed E-state index contributed by atoms with van der Waals surface area (Å²) in [6.45, 7) is 5.54. The largest absolute Gasteiger partial charge is 0.379 e. The molecule has 0 spiro atoms. The summed E-state index contributed by atoms with van der Waals surface area (Å²) in [5, 5.41) is 0. The van der Waals surface area contributed by atoms with Crippen molar-refractivity contribution in [1.29, 1.82) is 0 Å². The van der Waals surface area contributed by atoms with E-state index in [-0.39, 0.29) is 5.78 Å². The second-order valence-corrected chi connectivity index (χ2v) is 4.91. The third-order valence-electron chi connectivity index (χ3n) is 2.44. The maximum atomic E-state index is 12.0. The minimum atomic E-state index is -0.434. The molecule has 1 rings (SSSR count). The Morgan fingerprint density at radius 3 is 2.50 bits per heavy atom. The average molecular weight is 315 g/mol. The maximum Gasteiger partial charge on any atom is 0.191 e. The molecule has 0 saturated carbocycles. The fourth-order valence-electron chi connectivity index (χ4n) is 1.45. The molecule has 0 aromatic heterocycles. The minimum Gasteiger partial charge on any atom is -0.379 e. The first-order chi connectivity index (χ1) is 8.65. The molecule has 100 valence electrons. The van der Waals surface area contributed by atoms with Gasteiger partial charge in [0.1, 0.15) is 6.10 Å². The molecule has 0 heterocycles. The van der Waals surface area contributed by atoms with E-state index >= 15 is 0 Å². The summed E-state index contributed by atoms with van der Waals surface area (Å²) in [7, 11) is 0. The lowest BCUT2D eigenvalue weighted by atomic mass is 10.1. The highest BCUT2D eigenvalue weighted by Gasteiger charge is 2.15. The SMILES string of the molecule is CCCOCCOC(C)C(=O)c1ccc(Br)cc1. The van der Waals surface area contributed by atoms with Gasteiger partial charge in [-0.05, 0) is 25.5 Å². The van der Waals surface area contributed by atoms with Gasteiger partial charge in [-0.2, -0.15) is 0 Å². The lowest BCUT2D eigenvalue weighted by Crippen LogP contribution is -2.22. The van der Waals surface area contributed by atoms with Crippen LogP contribution in [0, 0.1) is 0 Å². The minimum absolute atomic E-state index is 0.00186. The van der Waals surface area contributed by atoms with Gasteiger partial charge >= 0.3 is 0 Å². The van der Waals surface area contributed by atoms with Crippen molar-refractivity contribution in [3.8, 4) is 0 Å². The van der Waals surface area contributed by atoms with Crippen LogP contribution in [0.15, 0.2) is 28.7 Å². The number of hydrogen-bond acceptors (Lipinski definition) is 3. The van der Waals surface area contributed by atoms with Crippen LogP contribution in [0.4, 0.5) is 0 Å². The topological polar surface area (TPSA) is 35.5 Å². The molecule has 1 aromatic rings. The van der Waals surface area contributed by atoms with E-state index in [4.69, 9.17) is 9.47 Å². The quantitative estimate of drug-likeness (QED) is 0.544. The Balaban J connectivity index is 2.34. The fraction of sp³-hybridized carbons (Fsp3) is 0.500. The Morgan fingerprint density at radius 1 is 1.22 bits per heavy atom. The number of carbonyl (C=O) groups is 1. The summed E-state index contributed by atoms with van der Waals surface area (Å²) >= 11 is 3.34. The number of ether oxygens (including phenoxy) is 2. The molecule has 0 aliphatic rings. The van der Waals surface area contributed by atoms with Gasteiger partial charge < -0.3 is 9.47 Å². The second kappa shape index (κ2) is 8.40. The summed E-state index contributed by atoms with van der Waals surface area (Å²) in [5.41, 5.74) is 0.667. The van der Waals surface area contributed by atoms with Crippen molar-refractivity contribution in [2.24, 2.45) is 0 Å². The fourth-order valence-corrected chi connectivity index (χ4v) is 1.72. The summed E-state index contributed by atoms with van der Waals surface area (Å²) in [6.07, 6.45) is 0.560. The zero-order valence-electron chi connectivity index (χ0n) is 10.8. The van der Waals surface area contributed by atoms with Crippen LogP contribution in [0.2, 0.25) is 0 Å². The van der Waals surface area contributed by atoms with Crippen molar-refractivity contribution in [3.05, 3.63) is 34.3 Å². The van der Waals surface area contributed by atoms with Crippen LogP contribution in [0.3, 0.4) is 0 Å². The van der Waals surface area contributed by atoms with Crippen LogP contribution in [-0.4, -0.2) is 31.7 Å². The molecule has 18 heavy (non-hydrogen) atoms. The van der Waals surface area contributed by atoms with Crippen LogP contribution in [0.25, 0.3) is 0 Å². The zero-order valence-corrected chi connectivity index (χ0v) is 12.4. The van der Waals surface area contributed by atoms with Crippen molar-refractivity contribution in [2.45, 2.75) is 26.4 Å². The Bertz CT molecular complexity index is 362. The molecular weight excluding hydrogens is 296 g/mol. The number of benzene rings is 1. The van der Waals surface area contributed by atoms with Crippen LogP contribution >= 0.6 is 15.9 Å². The summed E-state index contributed by atoms with van der Waals surface area (Å²) in [5.74, 6) is -0.00186. The third kappa shape index (κ3) is 5.29. The molecule has 4 heteroatoms. The van der Waals surface area contributed by atoms with E-state index in [0.717, 1.165) is 17.5 Å². The van der Waals surface area contributed by atoms with E-state index in [9.17, 15) is 4.79 Å². The molecule has 1 aromatic carbocycles. The van der Waals surface area contributed by atoms with E-state index in [1.54, 1.807) is 19.1 Å². The first-order valence-electron chi connectivity index (χ1n) is 6.14. The highest BCUT2D eigenvalue weighted by molar-refractivity contribution is 9.10. The van der Waals surface area contributed by atoms with E-state index < -0.39 is 6.10 Å². The van der Waals surface area contributed by atoms with Crippen molar-refractivity contribution >= 4 is 21.7 Å². The van der Waals surface area contributed by atoms with Crippen LogP contribution in [-0.2, 0) is 9.47 Å². The van der Waals surface area contributed by atoms with Gasteiger partial charge in [0.25, 0.3) is 0 Å². The van der Waals surface area contributed by atoms with Gasteiger partial charge in [0.2, 0.25) is 0 Å². The highest BCUT2D eigenvalue weighted by atomic mass is 79.9. The van der Waals surface area contributed by atoms with Gasteiger partial charge in [-0.25, -0.2) is 0 Å². The molecule has 0 radical (unpaired) electrons. The zero-order chi connectivity index (χ0) is 13.4. The van der Waals surface area contributed by atoms with Gasteiger partial charge in [-0.3, -0.25) is 4.79 Å². The predicted molar refractivity (Wildman–Crippen MR) is 75.0 cm³/mol. The number of Topliss-reactive ketones (excluding diaryl/α,β-unsaturated/α-hetero) is 1. The number of rotatable bonds is 8. The lowest BCUT2D eigenvalue weighted by molar-refractivity contribution is 0.0150. The van der Waals surface area contributed by atoms with E-state index in [1.165, 1.54) is 0 Å². The molecule has 0 amide bonds. The first-order valence-corrected chi connectivity index (χ1v) is 6.93. The first kappa shape index (κ1) is 15.3. The van der Waals surface area contributed by atoms with Crippen LogP contribution in [0.1, 0.15) is 30.6 Å². The highest BCUT2D eigenvalue weighted by Crippen LogP contribution is 2.12. The monoisotopic (exact) mass is 314 g/mol. The smallest absolute Gasteiger partial charge is 0.191 e. The Labute approximate surface area is 117 Å². The number of ketones is 1. The number of halogens is 1. The van der Waals surface area contributed by atoms with Crippen molar-refractivity contribution in [2.75, 3.05) is 19.8 Å². The molecule has 1 atom stereocenters. The van der Waals surface area contributed by atoms with Crippen molar-refractivity contribution < 1.29 is 14.3 Å². The number of hydrogen-bond donors (Lipinski definition) is 0. The molecule has 0 saturated heterocycles. The van der Waals surface area contributed by atoms with Gasteiger partial charge in [0.15, 0.2) is 5.78 Å². The average Bonchev–Trinajstić information content (AvgIpc) is 2.38. The lowest BCUT2D eigenvalue weighted by Gasteiger charge is -2.12. The van der Waals surface area contributed by atoms with Crippen molar-refractivity contribution in [3.63, 3.8) is 0 Å². The molecule has 3 nitrogen and oxygen atoms in total.